The summed E-state index contributed by atoms with van der Waals surface area (Å²) >= 11 is 0. The Balaban J connectivity index is 1.56. The van der Waals surface area contributed by atoms with Crippen molar-refractivity contribution < 1.29 is 48.0 Å². The van der Waals surface area contributed by atoms with E-state index in [2.05, 4.69) is 10.3 Å². The van der Waals surface area contributed by atoms with Gasteiger partial charge in [0.15, 0.2) is 17.7 Å². The number of cyclic esters (lactones) is 1. The minimum Gasteiger partial charge on any atom is -0.458 e. The van der Waals surface area contributed by atoms with Crippen LogP contribution in [0, 0.1) is 23.7 Å². The molecule has 1 aromatic heterocycles. The third-order valence-electron chi connectivity index (χ3n) is 11.9. The number of para-hydroxylation sites is 1. The molecule has 13 nitrogen and oxygen atoms in total. The van der Waals surface area contributed by atoms with Gasteiger partial charge < -0.3 is 39.0 Å². The van der Waals surface area contributed by atoms with Gasteiger partial charge in [0.1, 0.15) is 23.9 Å². The average molecular weight is 766 g/mol. The van der Waals surface area contributed by atoms with Crippen LogP contribution in [0.25, 0.3) is 17.0 Å². The van der Waals surface area contributed by atoms with Gasteiger partial charge in [0.05, 0.1) is 36.0 Å². The highest BCUT2D eigenvalue weighted by Crippen LogP contribution is 2.40. The van der Waals surface area contributed by atoms with Crippen molar-refractivity contribution in [3.63, 3.8) is 0 Å². The number of ether oxygens (including phenoxy) is 5. The van der Waals surface area contributed by atoms with Crippen LogP contribution < -0.4 is 5.32 Å². The first kappa shape index (κ1) is 42.4. The van der Waals surface area contributed by atoms with E-state index < -0.39 is 83.4 Å². The van der Waals surface area contributed by atoms with E-state index in [4.69, 9.17) is 23.7 Å². The molecule has 3 aliphatic rings. The number of amides is 1. The average Bonchev–Trinajstić information content (AvgIpc) is 3.47. The lowest BCUT2D eigenvalue weighted by Crippen LogP contribution is -2.60. The fraction of sp³-hybridized carbons (Fsp3) is 0.643. The lowest BCUT2D eigenvalue weighted by atomic mass is 9.73. The SMILES string of the molecule is CC[C@H]1OC(=O)[C@H](C)C(=O)[C@H](C)[C@@H](OC2O[C@H](C)C[C@H](N(C)C)[C@H]2O)[C@@](C)(OCC=Cc2cnc3ccccc3c2)C[C@@H](C)C(=O)[C@H](C)[C@H]2NC(=O)O[C@@]21C. The van der Waals surface area contributed by atoms with E-state index >= 15 is 0 Å². The molecule has 2 aromatic rings. The van der Waals surface area contributed by atoms with E-state index in [-0.39, 0.29) is 37.4 Å². The first-order valence-corrected chi connectivity index (χ1v) is 19.5. The molecule has 1 unspecified atom stereocenters. The fourth-order valence-corrected chi connectivity index (χ4v) is 8.73. The number of hydrogen-bond acceptors (Lipinski definition) is 12. The van der Waals surface area contributed by atoms with Crippen LogP contribution in [0.15, 0.2) is 42.6 Å². The first-order chi connectivity index (χ1) is 25.9. The molecule has 1 aromatic carbocycles. The molecule has 55 heavy (non-hydrogen) atoms. The number of pyridine rings is 1. The second-order valence-electron chi connectivity index (χ2n) is 16.4. The standard InChI is InChI=1S/C42H59N3O10/c1-11-32-42(8)36(44-40(50)55-42)25(4)33(46)23(2)21-41(7,51-18-14-15-28-20-29-16-12-13-17-30(29)43-22-28)37(26(5)34(47)27(6)38(49)53-32)54-39-35(48)31(45(9)10)19-24(3)52-39/h12-17,20,22-27,31-32,35-37,39,48H,11,18-19,21H2,1-10H3,(H,44,50)/t23-,24-,25+,26+,27-,31+,32-,35-,36-,37-,39?,41+,42-/m1/s1. The minimum absolute atomic E-state index is 0.0612. The molecule has 4 heterocycles. The first-order valence-electron chi connectivity index (χ1n) is 19.5. The summed E-state index contributed by atoms with van der Waals surface area (Å²) in [4.78, 5) is 61.8. The third kappa shape index (κ3) is 8.96. The van der Waals surface area contributed by atoms with Crippen molar-refractivity contribution >= 4 is 40.6 Å². The van der Waals surface area contributed by atoms with E-state index in [1.165, 1.54) is 6.92 Å². The maximum Gasteiger partial charge on any atom is 0.408 e. The summed E-state index contributed by atoms with van der Waals surface area (Å²) in [5.41, 5.74) is -1.00. The maximum atomic E-state index is 14.4. The summed E-state index contributed by atoms with van der Waals surface area (Å²) < 4.78 is 31.4. The molecule has 0 radical (unpaired) electrons. The summed E-state index contributed by atoms with van der Waals surface area (Å²) in [7, 11) is 3.74. The number of Topliss-reactive ketones (excluding diaryl/α,β-unsaturated/α-hetero) is 2. The number of carbonyl (C=O) groups is 4. The highest BCUT2D eigenvalue weighted by Gasteiger charge is 2.57. The number of benzene rings is 1. The zero-order chi connectivity index (χ0) is 40.4. The number of esters is 1. The van der Waals surface area contributed by atoms with Crippen LogP contribution in [-0.4, -0.2) is 113 Å². The van der Waals surface area contributed by atoms with Gasteiger partial charge in [0, 0.05) is 35.4 Å². The smallest absolute Gasteiger partial charge is 0.408 e. The monoisotopic (exact) mass is 765 g/mol. The Labute approximate surface area is 324 Å². The number of aromatic nitrogens is 1. The van der Waals surface area contributed by atoms with Crippen LogP contribution in [0.3, 0.4) is 0 Å². The Morgan fingerprint density at radius 3 is 2.44 bits per heavy atom. The summed E-state index contributed by atoms with van der Waals surface area (Å²) in [6.45, 7) is 13.8. The van der Waals surface area contributed by atoms with Gasteiger partial charge in [-0.15, -0.1) is 0 Å². The predicted octanol–water partition coefficient (Wildman–Crippen LogP) is 5.11. The summed E-state index contributed by atoms with van der Waals surface area (Å²) in [5, 5.41) is 15.4. The third-order valence-corrected chi connectivity index (χ3v) is 11.9. The lowest BCUT2D eigenvalue weighted by Gasteiger charge is -2.47. The van der Waals surface area contributed by atoms with Crippen molar-refractivity contribution in [2.45, 2.75) is 129 Å². The van der Waals surface area contributed by atoms with Gasteiger partial charge in [0.25, 0.3) is 0 Å². The number of nitrogens with zero attached hydrogens (tertiary/aromatic N) is 2. The zero-order valence-electron chi connectivity index (χ0n) is 33.8. The summed E-state index contributed by atoms with van der Waals surface area (Å²) in [5.74, 6) is -5.12. The number of ketones is 2. The molecule has 13 heteroatoms. The van der Waals surface area contributed by atoms with Crippen LogP contribution in [0.4, 0.5) is 4.79 Å². The molecule has 0 saturated carbocycles. The second-order valence-corrected chi connectivity index (χ2v) is 16.4. The molecule has 13 atom stereocenters. The van der Waals surface area contributed by atoms with Gasteiger partial charge in [-0.25, -0.2) is 4.79 Å². The number of alkyl carbamates (subject to hydrolysis) is 1. The van der Waals surface area contributed by atoms with Crippen LogP contribution >= 0.6 is 0 Å². The van der Waals surface area contributed by atoms with Crippen LogP contribution in [0.5, 0.6) is 0 Å². The maximum absolute atomic E-state index is 14.4. The number of aliphatic hydroxyl groups excluding tert-OH is 1. The van der Waals surface area contributed by atoms with E-state index in [1.54, 1.807) is 47.7 Å². The topological polar surface area (TPSA) is 163 Å². The Hall–Kier alpha value is -3.75. The molecule has 3 fully saturated rings. The lowest BCUT2D eigenvalue weighted by molar-refractivity contribution is -0.296. The molecule has 3 aliphatic heterocycles. The number of fused-ring (bicyclic) bond motifs is 2. The molecule has 1 amide bonds. The van der Waals surface area contributed by atoms with Crippen molar-refractivity contribution in [2.75, 3.05) is 20.7 Å². The fourth-order valence-electron chi connectivity index (χ4n) is 8.73. The second kappa shape index (κ2) is 17.2. The van der Waals surface area contributed by atoms with Gasteiger partial charge in [-0.1, -0.05) is 58.0 Å². The Bertz CT molecular complexity index is 1750. The largest absolute Gasteiger partial charge is 0.458 e. The number of hydrogen-bond donors (Lipinski definition) is 2. The predicted molar refractivity (Wildman–Crippen MR) is 206 cm³/mol. The Morgan fingerprint density at radius 1 is 1.04 bits per heavy atom. The van der Waals surface area contributed by atoms with Gasteiger partial charge in [-0.05, 0) is 78.7 Å². The molecule has 5 rings (SSSR count). The molecule has 0 aliphatic carbocycles. The Morgan fingerprint density at radius 2 is 1.75 bits per heavy atom. The van der Waals surface area contributed by atoms with Crippen LogP contribution in [0.2, 0.25) is 0 Å². The highest BCUT2D eigenvalue weighted by atomic mass is 16.7. The summed E-state index contributed by atoms with van der Waals surface area (Å²) in [6, 6.07) is 8.70. The summed E-state index contributed by atoms with van der Waals surface area (Å²) in [6.07, 6.45) is 1.12. The van der Waals surface area contributed by atoms with Gasteiger partial charge in [-0.3, -0.25) is 19.4 Å². The van der Waals surface area contributed by atoms with Crippen LogP contribution in [-0.2, 0) is 38.1 Å². The van der Waals surface area contributed by atoms with Gasteiger partial charge in [0.2, 0.25) is 0 Å². The highest BCUT2D eigenvalue weighted by molar-refractivity contribution is 6.00. The van der Waals surface area contributed by atoms with Crippen molar-refractivity contribution in [1.29, 1.82) is 0 Å². The van der Waals surface area contributed by atoms with Crippen molar-refractivity contribution in [2.24, 2.45) is 23.7 Å². The van der Waals surface area contributed by atoms with Crippen LogP contribution in [0.1, 0.15) is 80.2 Å². The normalized spacial score (nSPS) is 38.1. The number of nitrogens with one attached hydrogen (secondary N) is 1. The molecule has 0 spiro atoms. The van der Waals surface area contributed by atoms with E-state index in [0.717, 1.165) is 16.5 Å². The molecular formula is C42H59N3O10. The van der Waals surface area contributed by atoms with Crippen molar-refractivity contribution in [1.82, 2.24) is 15.2 Å². The minimum atomic E-state index is -1.38. The van der Waals surface area contributed by atoms with Crippen molar-refractivity contribution in [3.8, 4) is 0 Å². The number of carbonyl (C=O) groups excluding carboxylic acids is 4. The number of likely N-dealkylation sites (N-methyl/N-ethyl adjacent to an activating group) is 1. The molecular weight excluding hydrogens is 706 g/mol. The van der Waals surface area contributed by atoms with E-state index in [9.17, 15) is 24.3 Å². The number of aliphatic hydroxyl groups is 1. The molecule has 0 bridgehead atoms. The van der Waals surface area contributed by atoms with Gasteiger partial charge >= 0.3 is 12.1 Å². The van der Waals surface area contributed by atoms with E-state index in [1.807, 2.05) is 68.4 Å². The quantitative estimate of drug-likeness (QED) is 0.270. The molecule has 2 N–H and O–H groups in total. The Kier molecular flexibility index (Phi) is 13.2. The van der Waals surface area contributed by atoms with Crippen molar-refractivity contribution in [3.05, 3.63) is 48.2 Å². The van der Waals surface area contributed by atoms with Gasteiger partial charge in [-0.2, -0.15) is 0 Å². The zero-order valence-corrected chi connectivity index (χ0v) is 33.8. The molecule has 302 valence electrons. The number of rotatable bonds is 8. The van der Waals surface area contributed by atoms with E-state index in [0.29, 0.717) is 6.42 Å². The molecule has 3 saturated heterocycles.